The summed E-state index contributed by atoms with van der Waals surface area (Å²) in [6, 6.07) is 7.84. The molecule has 0 amide bonds. The van der Waals surface area contributed by atoms with Crippen molar-refractivity contribution in [1.82, 2.24) is 0 Å². The molecule has 0 radical (unpaired) electrons. The molecule has 17 heavy (non-hydrogen) atoms. The number of azo groups is 1. The van der Waals surface area contributed by atoms with Crippen LogP contribution in [0.1, 0.15) is 12.5 Å². The minimum Gasteiger partial charge on any atom is -0.320 e. The number of hydrogen-bond donors (Lipinski definition) is 1. The number of nitrogens with two attached hydrogens (primary N) is 1. The molecular formula is C14H17N3. The topological polar surface area (TPSA) is 50.7 Å². The van der Waals surface area contributed by atoms with E-state index in [1.54, 1.807) is 0 Å². The summed E-state index contributed by atoms with van der Waals surface area (Å²) in [4.78, 5) is 0. The Kier molecular flexibility index (Phi) is 3.20. The fraction of sp³-hybridized carbons (Fsp3) is 0.286. The molecule has 0 fully saturated rings. The van der Waals surface area contributed by atoms with Crippen LogP contribution in [0.15, 0.2) is 58.8 Å². The Morgan fingerprint density at radius 3 is 2.82 bits per heavy atom. The van der Waals surface area contributed by atoms with Crippen LogP contribution < -0.4 is 5.73 Å². The van der Waals surface area contributed by atoms with Gasteiger partial charge in [0.1, 0.15) is 6.04 Å². The highest BCUT2D eigenvalue weighted by Crippen LogP contribution is 2.21. The van der Waals surface area contributed by atoms with E-state index < -0.39 is 5.54 Å². The Labute approximate surface area is 102 Å². The van der Waals surface area contributed by atoms with E-state index in [2.05, 4.69) is 10.2 Å². The lowest BCUT2D eigenvalue weighted by molar-refractivity contribution is 0.502. The van der Waals surface area contributed by atoms with Crippen molar-refractivity contribution in [3.05, 3.63) is 54.1 Å². The van der Waals surface area contributed by atoms with Crippen LogP contribution in [0.3, 0.4) is 0 Å². The number of hydrogen-bond acceptors (Lipinski definition) is 3. The predicted octanol–water partition coefficient (Wildman–Crippen LogP) is 3.29. The van der Waals surface area contributed by atoms with Crippen LogP contribution in [0.25, 0.3) is 0 Å². The van der Waals surface area contributed by atoms with Crippen LogP contribution in [-0.2, 0) is 0 Å². The average Bonchev–Trinajstić information content (AvgIpc) is 2.27. The van der Waals surface area contributed by atoms with Gasteiger partial charge in [-0.1, -0.05) is 36.4 Å². The lowest BCUT2D eigenvalue weighted by Gasteiger charge is -2.26. The lowest BCUT2D eigenvalue weighted by Crippen LogP contribution is -2.45. The second-order valence-electron chi connectivity index (χ2n) is 4.61. The molecule has 0 spiro atoms. The van der Waals surface area contributed by atoms with Crippen molar-refractivity contribution >= 4 is 5.69 Å². The maximum atomic E-state index is 6.12. The zero-order chi connectivity index (χ0) is 12.3. The van der Waals surface area contributed by atoms with Crippen molar-refractivity contribution in [3.63, 3.8) is 0 Å². The highest BCUT2D eigenvalue weighted by Gasteiger charge is 2.26. The van der Waals surface area contributed by atoms with Crippen LogP contribution in [0.5, 0.6) is 0 Å². The van der Waals surface area contributed by atoms with Gasteiger partial charge in [0.2, 0.25) is 0 Å². The third-order valence-electron chi connectivity index (χ3n) is 2.80. The zero-order valence-electron chi connectivity index (χ0n) is 10.2. The van der Waals surface area contributed by atoms with E-state index in [4.69, 9.17) is 5.73 Å². The van der Waals surface area contributed by atoms with Crippen molar-refractivity contribution in [1.29, 1.82) is 0 Å². The van der Waals surface area contributed by atoms with Crippen LogP contribution in [0.2, 0.25) is 0 Å². The van der Waals surface area contributed by atoms with Crippen molar-refractivity contribution in [3.8, 4) is 0 Å². The van der Waals surface area contributed by atoms with Gasteiger partial charge >= 0.3 is 0 Å². The largest absolute Gasteiger partial charge is 0.320 e. The molecule has 2 unspecified atom stereocenters. The molecule has 1 aliphatic rings. The van der Waals surface area contributed by atoms with Gasteiger partial charge in [-0.05, 0) is 31.5 Å². The van der Waals surface area contributed by atoms with Gasteiger partial charge in [0, 0.05) is 0 Å². The number of rotatable bonds is 2. The minimum atomic E-state index is -0.456. The highest BCUT2D eigenvalue weighted by molar-refractivity contribution is 5.39. The lowest BCUT2D eigenvalue weighted by atomic mass is 9.90. The van der Waals surface area contributed by atoms with Gasteiger partial charge in [-0.25, -0.2) is 0 Å². The van der Waals surface area contributed by atoms with E-state index in [9.17, 15) is 0 Å². The van der Waals surface area contributed by atoms with Gasteiger partial charge in [-0.3, -0.25) is 0 Å². The Morgan fingerprint density at radius 2 is 2.12 bits per heavy atom. The van der Waals surface area contributed by atoms with Crippen molar-refractivity contribution in [2.45, 2.75) is 25.4 Å². The van der Waals surface area contributed by atoms with Gasteiger partial charge in [-0.15, -0.1) is 0 Å². The van der Waals surface area contributed by atoms with E-state index >= 15 is 0 Å². The molecule has 1 aromatic carbocycles. The number of benzene rings is 1. The molecule has 1 aliphatic carbocycles. The second-order valence-corrected chi connectivity index (χ2v) is 4.61. The summed E-state index contributed by atoms with van der Waals surface area (Å²) in [6.45, 7) is 3.99. The summed E-state index contributed by atoms with van der Waals surface area (Å²) >= 11 is 0. The van der Waals surface area contributed by atoms with E-state index in [-0.39, 0.29) is 6.04 Å². The van der Waals surface area contributed by atoms with Crippen molar-refractivity contribution in [2.75, 3.05) is 0 Å². The van der Waals surface area contributed by atoms with E-state index in [1.807, 2.05) is 62.4 Å². The Bertz CT molecular complexity index is 484. The van der Waals surface area contributed by atoms with E-state index in [0.29, 0.717) is 0 Å². The molecule has 2 N–H and O–H groups in total. The first kappa shape index (κ1) is 11.7. The second kappa shape index (κ2) is 4.63. The third kappa shape index (κ3) is 2.88. The third-order valence-corrected chi connectivity index (χ3v) is 2.80. The van der Waals surface area contributed by atoms with Gasteiger partial charge in [0.05, 0.1) is 11.2 Å². The van der Waals surface area contributed by atoms with Gasteiger partial charge in [0.15, 0.2) is 0 Å². The predicted molar refractivity (Wildman–Crippen MR) is 70.4 cm³/mol. The molecule has 0 bridgehead atoms. The molecular weight excluding hydrogens is 210 g/mol. The normalized spacial score (nSPS) is 27.8. The van der Waals surface area contributed by atoms with E-state index in [1.165, 1.54) is 5.56 Å². The monoisotopic (exact) mass is 227 g/mol. The number of aryl methyl sites for hydroxylation is 1. The van der Waals surface area contributed by atoms with Crippen LogP contribution in [0, 0.1) is 6.92 Å². The maximum Gasteiger partial charge on any atom is 0.111 e. The SMILES string of the molecule is Cc1cccc(/N=N/C2C=CC=CC2(C)N)c1. The Balaban J connectivity index is 2.16. The first-order valence-electron chi connectivity index (χ1n) is 5.70. The zero-order valence-corrected chi connectivity index (χ0v) is 10.2. The van der Waals surface area contributed by atoms with Gasteiger partial charge < -0.3 is 5.73 Å². The van der Waals surface area contributed by atoms with Crippen LogP contribution in [0.4, 0.5) is 5.69 Å². The van der Waals surface area contributed by atoms with Crippen LogP contribution >= 0.6 is 0 Å². The van der Waals surface area contributed by atoms with Crippen LogP contribution in [-0.4, -0.2) is 11.6 Å². The summed E-state index contributed by atoms with van der Waals surface area (Å²) in [5.74, 6) is 0. The smallest absolute Gasteiger partial charge is 0.111 e. The summed E-state index contributed by atoms with van der Waals surface area (Å²) in [5.41, 5.74) is 7.71. The fourth-order valence-corrected chi connectivity index (χ4v) is 1.72. The molecule has 0 saturated carbocycles. The minimum absolute atomic E-state index is 0.104. The molecule has 3 nitrogen and oxygen atoms in total. The summed E-state index contributed by atoms with van der Waals surface area (Å²) < 4.78 is 0. The molecule has 0 aromatic heterocycles. The molecule has 2 atom stereocenters. The van der Waals surface area contributed by atoms with Crippen molar-refractivity contribution in [2.24, 2.45) is 16.0 Å². The Hall–Kier alpha value is -1.74. The quantitative estimate of drug-likeness (QED) is 0.774. The van der Waals surface area contributed by atoms with Gasteiger partial charge in [-0.2, -0.15) is 10.2 Å². The first-order chi connectivity index (χ1) is 8.08. The first-order valence-corrected chi connectivity index (χ1v) is 5.70. The average molecular weight is 227 g/mol. The maximum absolute atomic E-state index is 6.12. The number of allylic oxidation sites excluding steroid dienone is 2. The van der Waals surface area contributed by atoms with Gasteiger partial charge in [0.25, 0.3) is 0 Å². The summed E-state index contributed by atoms with van der Waals surface area (Å²) in [7, 11) is 0. The molecule has 88 valence electrons. The fourth-order valence-electron chi connectivity index (χ4n) is 1.72. The van der Waals surface area contributed by atoms with Crippen molar-refractivity contribution < 1.29 is 0 Å². The highest BCUT2D eigenvalue weighted by atomic mass is 15.1. The molecule has 0 heterocycles. The van der Waals surface area contributed by atoms with E-state index in [0.717, 1.165) is 5.69 Å². The summed E-state index contributed by atoms with van der Waals surface area (Å²) in [5, 5.41) is 8.56. The summed E-state index contributed by atoms with van der Waals surface area (Å²) in [6.07, 6.45) is 7.82. The molecule has 0 aliphatic heterocycles. The Morgan fingerprint density at radius 1 is 1.29 bits per heavy atom. The number of nitrogens with zero attached hydrogens (tertiary/aromatic N) is 2. The molecule has 2 rings (SSSR count). The standard InChI is InChI=1S/C14H17N3/c1-11-6-5-7-12(10-11)16-17-13-8-3-4-9-14(13,2)15/h3-10,13H,15H2,1-2H3/b17-16+. The molecule has 3 heteroatoms. The molecule has 0 saturated heterocycles. The molecule has 1 aromatic rings.